The molecule has 0 amide bonds. The van der Waals surface area contributed by atoms with Gasteiger partial charge in [0.1, 0.15) is 5.82 Å². The number of nitrogens with two attached hydrogens (primary N) is 1. The van der Waals surface area contributed by atoms with Gasteiger partial charge in [-0.15, -0.1) is 0 Å². The molecular formula is C18H18N4O2. The lowest BCUT2D eigenvalue weighted by atomic mass is 10.0. The molecule has 0 aliphatic carbocycles. The van der Waals surface area contributed by atoms with Crippen molar-refractivity contribution in [1.82, 2.24) is 9.97 Å². The molecule has 3 aromatic rings. The molecule has 3 rings (SSSR count). The number of carbonyl (C=O) groups is 1. The molecule has 2 aromatic heterocycles. The van der Waals surface area contributed by atoms with Gasteiger partial charge in [0.2, 0.25) is 0 Å². The molecule has 6 heteroatoms. The van der Waals surface area contributed by atoms with E-state index in [2.05, 4.69) is 15.3 Å². The molecule has 3 N–H and O–H groups in total. The van der Waals surface area contributed by atoms with Crippen LogP contribution in [0.3, 0.4) is 0 Å². The smallest absolute Gasteiger partial charge is 0.305 e. The maximum Gasteiger partial charge on any atom is 0.305 e. The molecular weight excluding hydrogens is 304 g/mol. The van der Waals surface area contributed by atoms with E-state index in [1.165, 1.54) is 7.11 Å². The second-order valence-electron chi connectivity index (χ2n) is 5.33. The number of methoxy groups -OCH3 is 1. The van der Waals surface area contributed by atoms with E-state index in [0.717, 1.165) is 27.8 Å². The summed E-state index contributed by atoms with van der Waals surface area (Å²) in [6.45, 7) is 0. The molecule has 0 aliphatic rings. The van der Waals surface area contributed by atoms with Gasteiger partial charge in [-0.25, -0.2) is 4.98 Å². The summed E-state index contributed by atoms with van der Waals surface area (Å²) in [4.78, 5) is 20.0. The van der Waals surface area contributed by atoms with Crippen LogP contribution < -0.4 is 11.1 Å². The fourth-order valence-corrected chi connectivity index (χ4v) is 2.57. The number of nitrogens with one attached hydrogen (secondary N) is 1. The first-order chi connectivity index (χ1) is 11.7. The Morgan fingerprint density at radius 2 is 2.12 bits per heavy atom. The summed E-state index contributed by atoms with van der Waals surface area (Å²) >= 11 is 0. The first-order valence-corrected chi connectivity index (χ1v) is 7.59. The zero-order valence-corrected chi connectivity index (χ0v) is 13.3. The number of esters is 1. The fourth-order valence-electron chi connectivity index (χ4n) is 2.57. The number of carbonyl (C=O) groups excluding carboxylic acids is 1. The van der Waals surface area contributed by atoms with Crippen LogP contribution in [-0.2, 0) is 16.0 Å². The summed E-state index contributed by atoms with van der Waals surface area (Å²) < 4.78 is 4.71. The molecule has 122 valence electrons. The number of hydrogen-bond donors (Lipinski definition) is 2. The van der Waals surface area contributed by atoms with Crippen molar-refractivity contribution in [3.8, 4) is 0 Å². The average Bonchev–Trinajstić information content (AvgIpc) is 2.61. The third kappa shape index (κ3) is 3.27. The summed E-state index contributed by atoms with van der Waals surface area (Å²) in [6.07, 6.45) is 6.01. The first kappa shape index (κ1) is 15.7. The lowest BCUT2D eigenvalue weighted by Crippen LogP contribution is -2.06. The summed E-state index contributed by atoms with van der Waals surface area (Å²) in [5, 5.41) is 5.29. The van der Waals surface area contributed by atoms with E-state index in [4.69, 9.17) is 10.5 Å². The van der Waals surface area contributed by atoms with Crippen molar-refractivity contribution in [3.05, 3.63) is 54.5 Å². The van der Waals surface area contributed by atoms with Crippen LogP contribution in [0.2, 0.25) is 0 Å². The number of aromatic nitrogens is 2. The molecule has 0 saturated heterocycles. The van der Waals surface area contributed by atoms with Gasteiger partial charge in [0.15, 0.2) is 0 Å². The Kier molecular flexibility index (Phi) is 4.56. The number of ether oxygens (including phenoxy) is 1. The molecule has 0 unspecified atom stereocenters. The molecule has 0 aliphatic heterocycles. The first-order valence-electron chi connectivity index (χ1n) is 7.59. The third-order valence-corrected chi connectivity index (χ3v) is 3.84. The molecule has 0 radical (unpaired) electrons. The monoisotopic (exact) mass is 322 g/mol. The van der Waals surface area contributed by atoms with Crippen molar-refractivity contribution in [2.45, 2.75) is 12.8 Å². The van der Waals surface area contributed by atoms with Crippen molar-refractivity contribution >= 4 is 33.9 Å². The van der Waals surface area contributed by atoms with E-state index >= 15 is 0 Å². The number of nitrogen functional groups attached to an aromatic ring is 1. The van der Waals surface area contributed by atoms with Crippen LogP contribution in [-0.4, -0.2) is 23.0 Å². The minimum Gasteiger partial charge on any atom is -0.469 e. The molecule has 0 saturated carbocycles. The standard InChI is InChI=1S/C18H18N4O2/c1-24-17(23)6-5-14-15(19)3-2-4-16(14)22-18-13-8-9-20-11-12(13)7-10-21-18/h2-4,7-11H,5-6,19H2,1H3,(H,21,22). The molecule has 0 spiro atoms. The van der Waals surface area contributed by atoms with E-state index in [-0.39, 0.29) is 12.4 Å². The predicted molar refractivity (Wildman–Crippen MR) is 94.0 cm³/mol. The van der Waals surface area contributed by atoms with Gasteiger partial charge in [-0.3, -0.25) is 9.78 Å². The summed E-state index contributed by atoms with van der Waals surface area (Å²) in [5.41, 5.74) is 8.42. The van der Waals surface area contributed by atoms with Gasteiger partial charge in [0.25, 0.3) is 0 Å². The topological polar surface area (TPSA) is 90.1 Å². The summed E-state index contributed by atoms with van der Waals surface area (Å²) in [6, 6.07) is 9.42. The highest BCUT2D eigenvalue weighted by Gasteiger charge is 2.11. The van der Waals surface area contributed by atoms with E-state index in [1.54, 1.807) is 18.6 Å². The van der Waals surface area contributed by atoms with E-state index in [1.807, 2.05) is 30.3 Å². The Labute approximate surface area is 139 Å². The SMILES string of the molecule is COC(=O)CCc1c(N)cccc1Nc1nccc2cnccc12. The number of fused-ring (bicyclic) bond motifs is 1. The van der Waals surface area contributed by atoms with Crippen LogP contribution in [0.15, 0.2) is 48.9 Å². The number of anilines is 3. The minimum absolute atomic E-state index is 0.265. The predicted octanol–water partition coefficient (Wildman–Crippen LogP) is 3.06. The van der Waals surface area contributed by atoms with Gasteiger partial charge in [-0.2, -0.15) is 0 Å². The molecule has 6 nitrogen and oxygen atoms in total. The Morgan fingerprint density at radius 3 is 2.96 bits per heavy atom. The molecule has 2 heterocycles. The largest absolute Gasteiger partial charge is 0.469 e. The van der Waals surface area contributed by atoms with Crippen LogP contribution in [0.1, 0.15) is 12.0 Å². The average molecular weight is 322 g/mol. The molecule has 0 fully saturated rings. The van der Waals surface area contributed by atoms with Crippen LogP contribution in [0.5, 0.6) is 0 Å². The Morgan fingerprint density at radius 1 is 1.25 bits per heavy atom. The summed E-state index contributed by atoms with van der Waals surface area (Å²) in [7, 11) is 1.38. The Bertz CT molecular complexity index is 875. The summed E-state index contributed by atoms with van der Waals surface area (Å²) in [5.74, 6) is 0.457. The fraction of sp³-hybridized carbons (Fsp3) is 0.167. The Hall–Kier alpha value is -3.15. The third-order valence-electron chi connectivity index (χ3n) is 3.84. The highest BCUT2D eigenvalue weighted by atomic mass is 16.5. The van der Waals surface area contributed by atoms with Gasteiger partial charge in [0, 0.05) is 47.2 Å². The highest BCUT2D eigenvalue weighted by molar-refractivity contribution is 5.93. The molecule has 24 heavy (non-hydrogen) atoms. The van der Waals surface area contributed by atoms with Gasteiger partial charge < -0.3 is 15.8 Å². The van der Waals surface area contributed by atoms with Crippen molar-refractivity contribution in [2.75, 3.05) is 18.2 Å². The van der Waals surface area contributed by atoms with Crippen LogP contribution >= 0.6 is 0 Å². The zero-order chi connectivity index (χ0) is 16.9. The van der Waals surface area contributed by atoms with Gasteiger partial charge in [0.05, 0.1) is 7.11 Å². The van der Waals surface area contributed by atoms with E-state index < -0.39 is 0 Å². The molecule has 0 bridgehead atoms. The van der Waals surface area contributed by atoms with E-state index in [0.29, 0.717) is 12.1 Å². The number of hydrogen-bond acceptors (Lipinski definition) is 6. The van der Waals surface area contributed by atoms with Crippen molar-refractivity contribution in [3.63, 3.8) is 0 Å². The zero-order valence-electron chi connectivity index (χ0n) is 13.3. The van der Waals surface area contributed by atoms with Crippen molar-refractivity contribution in [2.24, 2.45) is 0 Å². The normalized spacial score (nSPS) is 10.5. The van der Waals surface area contributed by atoms with Crippen LogP contribution in [0, 0.1) is 0 Å². The van der Waals surface area contributed by atoms with Gasteiger partial charge in [-0.05, 0) is 36.2 Å². The second-order valence-corrected chi connectivity index (χ2v) is 5.33. The van der Waals surface area contributed by atoms with E-state index in [9.17, 15) is 4.79 Å². The molecule has 0 atom stereocenters. The van der Waals surface area contributed by atoms with Gasteiger partial charge >= 0.3 is 5.97 Å². The lowest BCUT2D eigenvalue weighted by Gasteiger charge is -2.14. The number of pyridine rings is 2. The van der Waals surface area contributed by atoms with Crippen LogP contribution in [0.4, 0.5) is 17.2 Å². The van der Waals surface area contributed by atoms with Crippen LogP contribution in [0.25, 0.3) is 10.8 Å². The maximum absolute atomic E-state index is 11.4. The number of nitrogens with zero attached hydrogens (tertiary/aromatic N) is 2. The van der Waals surface area contributed by atoms with Crippen molar-refractivity contribution < 1.29 is 9.53 Å². The Balaban J connectivity index is 1.94. The lowest BCUT2D eigenvalue weighted by molar-refractivity contribution is -0.140. The quantitative estimate of drug-likeness (QED) is 0.554. The minimum atomic E-state index is -0.265. The number of benzene rings is 1. The van der Waals surface area contributed by atoms with Crippen molar-refractivity contribution in [1.29, 1.82) is 0 Å². The second kappa shape index (κ2) is 6.95. The van der Waals surface area contributed by atoms with Gasteiger partial charge in [-0.1, -0.05) is 6.07 Å². The molecule has 1 aromatic carbocycles. The number of rotatable bonds is 5. The highest BCUT2D eigenvalue weighted by Crippen LogP contribution is 2.29. The maximum atomic E-state index is 11.4.